The zero-order chi connectivity index (χ0) is 9.14. The first kappa shape index (κ1) is 8.99. The van der Waals surface area contributed by atoms with E-state index in [1.54, 1.807) is 0 Å². The summed E-state index contributed by atoms with van der Waals surface area (Å²) in [5, 5.41) is 0. The van der Waals surface area contributed by atoms with E-state index >= 15 is 0 Å². The van der Waals surface area contributed by atoms with Crippen LogP contribution in [0.1, 0.15) is 17.6 Å². The molecule has 0 bridgehead atoms. The summed E-state index contributed by atoms with van der Waals surface area (Å²) >= 11 is 0. The standard InChI is InChI=1S/C7H7F3N2/c8-5-3-12-2-4(1-11)6(5)7(9)10/h2-3,7H,1,11H2. The Morgan fingerprint density at radius 1 is 1.42 bits per heavy atom. The number of nitrogens with two attached hydrogens (primary N) is 1. The molecule has 12 heavy (non-hydrogen) atoms. The number of pyridine rings is 1. The molecule has 1 rings (SSSR count). The number of aromatic nitrogens is 1. The van der Waals surface area contributed by atoms with E-state index in [0.717, 1.165) is 12.4 Å². The van der Waals surface area contributed by atoms with Crippen LogP contribution in [-0.2, 0) is 6.54 Å². The quantitative estimate of drug-likeness (QED) is 0.743. The van der Waals surface area contributed by atoms with Gasteiger partial charge >= 0.3 is 0 Å². The lowest BCUT2D eigenvalue weighted by atomic mass is 10.1. The average molecular weight is 176 g/mol. The molecule has 0 radical (unpaired) electrons. The summed E-state index contributed by atoms with van der Waals surface area (Å²) < 4.78 is 37.0. The number of alkyl halides is 2. The summed E-state index contributed by atoms with van der Waals surface area (Å²) in [7, 11) is 0. The number of hydrogen-bond donors (Lipinski definition) is 1. The summed E-state index contributed by atoms with van der Waals surface area (Å²) in [6.07, 6.45) is -0.947. The van der Waals surface area contributed by atoms with Gasteiger partial charge in [0.2, 0.25) is 0 Å². The highest BCUT2D eigenvalue weighted by Crippen LogP contribution is 2.24. The van der Waals surface area contributed by atoms with Gasteiger partial charge in [-0.05, 0) is 5.56 Å². The van der Waals surface area contributed by atoms with Gasteiger partial charge in [0.15, 0.2) is 5.82 Å². The number of nitrogens with zero attached hydrogens (tertiary/aromatic N) is 1. The zero-order valence-corrected chi connectivity index (χ0v) is 6.10. The molecule has 2 N–H and O–H groups in total. The highest BCUT2D eigenvalue weighted by Gasteiger charge is 2.17. The molecule has 0 atom stereocenters. The van der Waals surface area contributed by atoms with Crippen molar-refractivity contribution in [3.05, 3.63) is 29.3 Å². The van der Waals surface area contributed by atoms with Crippen molar-refractivity contribution in [1.82, 2.24) is 4.98 Å². The van der Waals surface area contributed by atoms with E-state index < -0.39 is 17.8 Å². The van der Waals surface area contributed by atoms with Gasteiger partial charge < -0.3 is 5.73 Å². The van der Waals surface area contributed by atoms with E-state index in [0.29, 0.717) is 0 Å². The van der Waals surface area contributed by atoms with Crippen LogP contribution in [0.25, 0.3) is 0 Å². The number of rotatable bonds is 2. The Bertz CT molecular complexity index is 275. The monoisotopic (exact) mass is 176 g/mol. The van der Waals surface area contributed by atoms with Gasteiger partial charge in [-0.15, -0.1) is 0 Å². The van der Waals surface area contributed by atoms with Crippen LogP contribution in [0.4, 0.5) is 13.2 Å². The van der Waals surface area contributed by atoms with Gasteiger partial charge in [0, 0.05) is 12.7 Å². The van der Waals surface area contributed by atoms with Crippen LogP contribution in [0.3, 0.4) is 0 Å². The average Bonchev–Trinajstić information content (AvgIpc) is 2.03. The molecule has 66 valence electrons. The molecular weight excluding hydrogens is 169 g/mol. The zero-order valence-electron chi connectivity index (χ0n) is 6.10. The van der Waals surface area contributed by atoms with Gasteiger partial charge in [-0.1, -0.05) is 0 Å². The third kappa shape index (κ3) is 1.55. The first-order valence-corrected chi connectivity index (χ1v) is 3.27. The molecule has 0 saturated carbocycles. The van der Waals surface area contributed by atoms with Crippen molar-refractivity contribution in [2.24, 2.45) is 5.73 Å². The van der Waals surface area contributed by atoms with Gasteiger partial charge in [0.05, 0.1) is 11.8 Å². The molecular formula is C7H7F3N2. The van der Waals surface area contributed by atoms with Crippen LogP contribution in [0.15, 0.2) is 12.4 Å². The fourth-order valence-electron chi connectivity index (χ4n) is 0.892. The Morgan fingerprint density at radius 3 is 2.50 bits per heavy atom. The lowest BCUT2D eigenvalue weighted by Crippen LogP contribution is -2.05. The fourth-order valence-corrected chi connectivity index (χ4v) is 0.892. The molecule has 1 aromatic heterocycles. The van der Waals surface area contributed by atoms with Crippen molar-refractivity contribution in [3.8, 4) is 0 Å². The van der Waals surface area contributed by atoms with Crippen LogP contribution in [0.2, 0.25) is 0 Å². The van der Waals surface area contributed by atoms with Gasteiger partial charge in [-0.2, -0.15) is 0 Å². The van der Waals surface area contributed by atoms with Crippen molar-refractivity contribution >= 4 is 0 Å². The lowest BCUT2D eigenvalue weighted by molar-refractivity contribution is 0.145. The highest BCUT2D eigenvalue weighted by molar-refractivity contribution is 5.25. The van der Waals surface area contributed by atoms with E-state index in [1.165, 1.54) is 0 Å². The van der Waals surface area contributed by atoms with E-state index in [1.807, 2.05) is 0 Å². The number of halogens is 3. The highest BCUT2D eigenvalue weighted by atomic mass is 19.3. The fraction of sp³-hybridized carbons (Fsp3) is 0.286. The second-order valence-corrected chi connectivity index (χ2v) is 2.20. The molecule has 0 spiro atoms. The van der Waals surface area contributed by atoms with E-state index in [9.17, 15) is 13.2 Å². The molecule has 5 heteroatoms. The van der Waals surface area contributed by atoms with E-state index in [4.69, 9.17) is 5.73 Å². The van der Waals surface area contributed by atoms with Gasteiger partial charge in [-0.25, -0.2) is 13.2 Å². The predicted octanol–water partition coefficient (Wildman–Crippen LogP) is 1.62. The summed E-state index contributed by atoms with van der Waals surface area (Å²) in [4.78, 5) is 3.41. The second kappa shape index (κ2) is 3.53. The maximum Gasteiger partial charge on any atom is 0.267 e. The van der Waals surface area contributed by atoms with Crippen molar-refractivity contribution in [2.45, 2.75) is 13.0 Å². The third-order valence-corrected chi connectivity index (χ3v) is 1.46. The van der Waals surface area contributed by atoms with Crippen LogP contribution in [0.5, 0.6) is 0 Å². The molecule has 0 fully saturated rings. The smallest absolute Gasteiger partial charge is 0.267 e. The minimum Gasteiger partial charge on any atom is -0.326 e. The molecule has 0 aliphatic carbocycles. The molecule has 0 saturated heterocycles. The summed E-state index contributed by atoms with van der Waals surface area (Å²) in [6.45, 7) is -0.134. The maximum absolute atomic E-state index is 12.7. The normalized spacial score (nSPS) is 10.8. The van der Waals surface area contributed by atoms with Crippen LogP contribution < -0.4 is 5.73 Å². The predicted molar refractivity (Wildman–Crippen MR) is 37.0 cm³/mol. The minimum absolute atomic E-state index is 0.0463. The van der Waals surface area contributed by atoms with Crippen LogP contribution >= 0.6 is 0 Å². The minimum atomic E-state index is -2.84. The summed E-state index contributed by atoms with van der Waals surface area (Å²) in [5.41, 5.74) is 4.52. The molecule has 1 aromatic rings. The second-order valence-electron chi connectivity index (χ2n) is 2.20. The van der Waals surface area contributed by atoms with E-state index in [-0.39, 0.29) is 12.1 Å². The SMILES string of the molecule is NCc1cncc(F)c1C(F)F. The Labute approximate surface area is 67.2 Å². The van der Waals surface area contributed by atoms with Crippen molar-refractivity contribution in [3.63, 3.8) is 0 Å². The van der Waals surface area contributed by atoms with Gasteiger partial charge in [-0.3, -0.25) is 4.98 Å². The first-order valence-electron chi connectivity index (χ1n) is 3.27. The van der Waals surface area contributed by atoms with Crippen molar-refractivity contribution < 1.29 is 13.2 Å². The van der Waals surface area contributed by atoms with Gasteiger partial charge in [0.1, 0.15) is 0 Å². The van der Waals surface area contributed by atoms with Gasteiger partial charge in [0.25, 0.3) is 6.43 Å². The topological polar surface area (TPSA) is 38.9 Å². The van der Waals surface area contributed by atoms with Crippen molar-refractivity contribution in [2.75, 3.05) is 0 Å². The molecule has 2 nitrogen and oxygen atoms in total. The lowest BCUT2D eigenvalue weighted by Gasteiger charge is -2.05. The third-order valence-electron chi connectivity index (χ3n) is 1.46. The molecule has 0 aliphatic heterocycles. The molecule has 0 unspecified atom stereocenters. The summed E-state index contributed by atoms with van der Waals surface area (Å²) in [5.74, 6) is -1.01. The molecule has 0 aliphatic rings. The molecule has 1 heterocycles. The number of hydrogen-bond acceptors (Lipinski definition) is 2. The Balaban J connectivity index is 3.20. The summed E-state index contributed by atoms with van der Waals surface area (Å²) in [6, 6.07) is 0. The Morgan fingerprint density at radius 2 is 2.08 bits per heavy atom. The van der Waals surface area contributed by atoms with E-state index in [2.05, 4.69) is 4.98 Å². The van der Waals surface area contributed by atoms with Crippen LogP contribution in [0, 0.1) is 5.82 Å². The Kier molecular flexibility index (Phi) is 2.65. The largest absolute Gasteiger partial charge is 0.326 e. The molecule has 0 aromatic carbocycles. The van der Waals surface area contributed by atoms with Crippen LogP contribution in [-0.4, -0.2) is 4.98 Å². The Hall–Kier alpha value is -1.10. The molecule has 0 amide bonds. The maximum atomic E-state index is 12.7. The van der Waals surface area contributed by atoms with Crippen molar-refractivity contribution in [1.29, 1.82) is 0 Å². The first-order chi connectivity index (χ1) is 5.66.